The summed E-state index contributed by atoms with van der Waals surface area (Å²) in [4.78, 5) is 23.5. The van der Waals surface area contributed by atoms with Crippen LogP contribution in [0.2, 0.25) is 5.02 Å². The quantitative estimate of drug-likeness (QED) is 0.341. The summed E-state index contributed by atoms with van der Waals surface area (Å²) >= 11 is 6.10. The van der Waals surface area contributed by atoms with Crippen LogP contribution < -0.4 is 15.5 Å². The van der Waals surface area contributed by atoms with E-state index in [2.05, 4.69) is 5.32 Å². The van der Waals surface area contributed by atoms with Gasteiger partial charge in [-0.05, 0) is 48.9 Å². The molecule has 0 spiro atoms. The van der Waals surface area contributed by atoms with Crippen molar-refractivity contribution in [2.45, 2.75) is 6.92 Å². The fourth-order valence-electron chi connectivity index (χ4n) is 2.52. The van der Waals surface area contributed by atoms with Crippen LogP contribution >= 0.6 is 11.6 Å². The monoisotopic (exact) mass is 388 g/mol. The SMILES string of the molecule is Cc1ccc(Cl)c2oc(C(=O)NCCOc3ccc(C(=O)NO)cc3)cc12. The van der Waals surface area contributed by atoms with Gasteiger partial charge in [-0.25, -0.2) is 5.48 Å². The third-order valence-corrected chi connectivity index (χ3v) is 4.25. The van der Waals surface area contributed by atoms with Crippen molar-refractivity contribution in [3.05, 3.63) is 64.4 Å². The summed E-state index contributed by atoms with van der Waals surface area (Å²) in [6.45, 7) is 2.41. The maximum absolute atomic E-state index is 12.2. The van der Waals surface area contributed by atoms with Crippen LogP contribution in [-0.2, 0) is 0 Å². The lowest BCUT2D eigenvalue weighted by Crippen LogP contribution is -2.27. The highest BCUT2D eigenvalue weighted by Gasteiger charge is 2.15. The van der Waals surface area contributed by atoms with Crippen LogP contribution in [0.3, 0.4) is 0 Å². The van der Waals surface area contributed by atoms with E-state index in [1.54, 1.807) is 29.7 Å². The number of ether oxygens (including phenoxy) is 1. The van der Waals surface area contributed by atoms with Crippen LogP contribution in [0, 0.1) is 6.92 Å². The fraction of sp³-hybridized carbons (Fsp3) is 0.158. The van der Waals surface area contributed by atoms with Crippen LogP contribution in [-0.4, -0.2) is 30.2 Å². The summed E-state index contributed by atoms with van der Waals surface area (Å²) in [7, 11) is 0. The van der Waals surface area contributed by atoms with Crippen molar-refractivity contribution in [1.29, 1.82) is 0 Å². The van der Waals surface area contributed by atoms with Gasteiger partial charge in [0.1, 0.15) is 12.4 Å². The van der Waals surface area contributed by atoms with Crippen molar-refractivity contribution >= 4 is 34.4 Å². The lowest BCUT2D eigenvalue weighted by atomic mass is 10.1. The van der Waals surface area contributed by atoms with Gasteiger partial charge in [-0.15, -0.1) is 0 Å². The number of amides is 2. The minimum absolute atomic E-state index is 0.181. The molecule has 0 unspecified atom stereocenters. The Kier molecular flexibility index (Phi) is 5.63. The first-order chi connectivity index (χ1) is 13.0. The normalized spacial score (nSPS) is 10.6. The number of benzene rings is 2. The zero-order valence-electron chi connectivity index (χ0n) is 14.4. The van der Waals surface area contributed by atoms with Crippen molar-refractivity contribution in [2.75, 3.05) is 13.2 Å². The summed E-state index contributed by atoms with van der Waals surface area (Å²) in [6.07, 6.45) is 0. The zero-order chi connectivity index (χ0) is 19.4. The largest absolute Gasteiger partial charge is 0.492 e. The third kappa shape index (κ3) is 4.21. The molecule has 2 aromatic carbocycles. The molecule has 8 heteroatoms. The number of furan rings is 1. The Balaban J connectivity index is 1.53. The van der Waals surface area contributed by atoms with E-state index in [0.29, 0.717) is 21.9 Å². The average Bonchev–Trinajstić information content (AvgIpc) is 3.15. The van der Waals surface area contributed by atoms with Crippen LogP contribution in [0.25, 0.3) is 11.0 Å². The molecule has 140 valence electrons. The van der Waals surface area contributed by atoms with Gasteiger partial charge in [0.15, 0.2) is 11.3 Å². The molecular weight excluding hydrogens is 372 g/mol. The second kappa shape index (κ2) is 8.11. The molecule has 0 saturated carbocycles. The van der Waals surface area contributed by atoms with E-state index in [1.807, 2.05) is 13.0 Å². The molecule has 0 aliphatic carbocycles. The molecule has 3 N–H and O–H groups in total. The lowest BCUT2D eigenvalue weighted by Gasteiger charge is -2.07. The highest BCUT2D eigenvalue weighted by molar-refractivity contribution is 6.35. The predicted octanol–water partition coefficient (Wildman–Crippen LogP) is 3.32. The summed E-state index contributed by atoms with van der Waals surface area (Å²) in [5, 5.41) is 12.5. The maximum atomic E-state index is 12.2. The molecule has 0 aliphatic rings. The van der Waals surface area contributed by atoms with E-state index in [1.165, 1.54) is 12.1 Å². The summed E-state index contributed by atoms with van der Waals surface area (Å²) in [5.41, 5.74) is 3.32. The summed E-state index contributed by atoms with van der Waals surface area (Å²) in [5.74, 6) is -0.249. The first-order valence-corrected chi connectivity index (χ1v) is 8.51. The van der Waals surface area contributed by atoms with Gasteiger partial charge in [0.2, 0.25) is 0 Å². The Morgan fingerprint density at radius 2 is 1.89 bits per heavy atom. The number of aryl methyl sites for hydroxylation is 1. The minimum Gasteiger partial charge on any atom is -0.492 e. The van der Waals surface area contributed by atoms with Gasteiger partial charge in [0.05, 0.1) is 11.6 Å². The Morgan fingerprint density at radius 3 is 2.56 bits per heavy atom. The Hall–Kier alpha value is -3.03. The second-order valence-corrected chi connectivity index (χ2v) is 6.19. The third-order valence-electron chi connectivity index (χ3n) is 3.95. The molecule has 2 amide bonds. The Morgan fingerprint density at radius 1 is 1.15 bits per heavy atom. The molecule has 0 aliphatic heterocycles. The number of fused-ring (bicyclic) bond motifs is 1. The number of halogens is 1. The molecule has 0 radical (unpaired) electrons. The van der Waals surface area contributed by atoms with E-state index in [4.69, 9.17) is 26.0 Å². The van der Waals surface area contributed by atoms with Gasteiger partial charge < -0.3 is 14.5 Å². The number of nitrogens with one attached hydrogen (secondary N) is 2. The smallest absolute Gasteiger partial charge is 0.287 e. The van der Waals surface area contributed by atoms with E-state index in [-0.39, 0.29) is 24.8 Å². The number of hydroxylamine groups is 1. The van der Waals surface area contributed by atoms with Gasteiger partial charge in [-0.3, -0.25) is 14.8 Å². The molecule has 3 rings (SSSR count). The molecule has 27 heavy (non-hydrogen) atoms. The molecular formula is C19H17ClN2O5. The number of carbonyl (C=O) groups excluding carboxylic acids is 2. The van der Waals surface area contributed by atoms with E-state index < -0.39 is 5.91 Å². The summed E-state index contributed by atoms with van der Waals surface area (Å²) in [6, 6.07) is 11.5. The first-order valence-electron chi connectivity index (χ1n) is 8.13. The second-order valence-electron chi connectivity index (χ2n) is 5.79. The van der Waals surface area contributed by atoms with Crippen molar-refractivity contribution in [3.8, 4) is 5.75 Å². The first kappa shape index (κ1) is 18.8. The van der Waals surface area contributed by atoms with Crippen molar-refractivity contribution in [3.63, 3.8) is 0 Å². The van der Waals surface area contributed by atoms with Crippen LogP contribution in [0.5, 0.6) is 5.75 Å². The lowest BCUT2D eigenvalue weighted by molar-refractivity contribution is 0.0706. The number of hydrogen-bond acceptors (Lipinski definition) is 5. The molecule has 1 heterocycles. The molecule has 0 saturated heterocycles. The average molecular weight is 389 g/mol. The van der Waals surface area contributed by atoms with E-state index in [9.17, 15) is 9.59 Å². The van der Waals surface area contributed by atoms with Gasteiger partial charge >= 0.3 is 0 Å². The van der Waals surface area contributed by atoms with Crippen LogP contribution in [0.1, 0.15) is 26.5 Å². The van der Waals surface area contributed by atoms with E-state index >= 15 is 0 Å². The van der Waals surface area contributed by atoms with Crippen molar-refractivity contribution in [1.82, 2.24) is 10.8 Å². The standard InChI is InChI=1S/C19H17ClN2O5/c1-11-2-7-15(20)17-14(11)10-16(27-17)19(24)21-8-9-26-13-5-3-12(4-6-13)18(23)22-25/h2-7,10,25H,8-9H2,1H3,(H,21,24)(H,22,23). The minimum atomic E-state index is -0.602. The molecule has 0 bridgehead atoms. The van der Waals surface area contributed by atoms with Gasteiger partial charge in [-0.1, -0.05) is 17.7 Å². The van der Waals surface area contributed by atoms with Crippen LogP contribution in [0.4, 0.5) is 0 Å². The zero-order valence-corrected chi connectivity index (χ0v) is 15.2. The van der Waals surface area contributed by atoms with Gasteiger partial charge in [0.25, 0.3) is 11.8 Å². The van der Waals surface area contributed by atoms with Gasteiger partial charge in [0, 0.05) is 10.9 Å². The van der Waals surface area contributed by atoms with Crippen molar-refractivity contribution < 1.29 is 24.0 Å². The number of carbonyl (C=O) groups is 2. The Bertz CT molecular complexity index is 943. The number of hydrogen-bond donors (Lipinski definition) is 3. The topological polar surface area (TPSA) is 101 Å². The molecule has 7 nitrogen and oxygen atoms in total. The fourth-order valence-corrected chi connectivity index (χ4v) is 2.73. The maximum Gasteiger partial charge on any atom is 0.287 e. The van der Waals surface area contributed by atoms with E-state index in [0.717, 1.165) is 10.9 Å². The van der Waals surface area contributed by atoms with Crippen molar-refractivity contribution in [2.24, 2.45) is 0 Å². The van der Waals surface area contributed by atoms with Crippen LogP contribution in [0.15, 0.2) is 46.9 Å². The Labute approximate surface area is 159 Å². The molecule has 0 atom stereocenters. The highest BCUT2D eigenvalue weighted by atomic mass is 35.5. The predicted molar refractivity (Wildman–Crippen MR) is 99.5 cm³/mol. The summed E-state index contributed by atoms with van der Waals surface area (Å²) < 4.78 is 11.1. The molecule has 0 fully saturated rings. The van der Waals surface area contributed by atoms with Gasteiger partial charge in [-0.2, -0.15) is 0 Å². The molecule has 1 aromatic heterocycles. The molecule has 3 aromatic rings. The highest BCUT2D eigenvalue weighted by Crippen LogP contribution is 2.29. The number of rotatable bonds is 6.